The van der Waals surface area contributed by atoms with Gasteiger partial charge in [0.25, 0.3) is 5.91 Å². The van der Waals surface area contributed by atoms with Crippen LogP contribution in [0.4, 0.5) is 5.69 Å². The molecule has 0 bridgehead atoms. The second-order valence-electron chi connectivity index (χ2n) is 3.24. The Labute approximate surface area is 112 Å². The Balaban J connectivity index is 2.21. The van der Waals surface area contributed by atoms with E-state index in [1.165, 1.54) is 18.7 Å². The number of thiol groups is 1. The first-order valence-electron chi connectivity index (χ1n) is 4.71. The lowest BCUT2D eigenvalue weighted by molar-refractivity contribution is 0.102. The third-order valence-electron chi connectivity index (χ3n) is 2.02. The molecule has 0 atom stereocenters. The molecule has 4 nitrogen and oxygen atoms in total. The van der Waals surface area contributed by atoms with Crippen LogP contribution in [0.15, 0.2) is 46.3 Å². The lowest BCUT2D eigenvalue weighted by Gasteiger charge is -2.06. The summed E-state index contributed by atoms with van der Waals surface area (Å²) in [5.41, 5.74) is 1.05. The Morgan fingerprint density at radius 3 is 2.65 bits per heavy atom. The highest BCUT2D eigenvalue weighted by atomic mass is 79.9. The normalized spacial score (nSPS) is 10.0. The molecule has 0 spiro atoms. The molecule has 0 saturated carbocycles. The van der Waals surface area contributed by atoms with Crippen molar-refractivity contribution in [1.82, 2.24) is 9.97 Å². The van der Waals surface area contributed by atoms with Gasteiger partial charge in [0, 0.05) is 9.37 Å². The van der Waals surface area contributed by atoms with Crippen LogP contribution in [-0.2, 0) is 0 Å². The number of anilines is 1. The SMILES string of the molecule is O=C(Nc1cncnc1)c1ccc(Br)cc1S. The monoisotopic (exact) mass is 309 g/mol. The smallest absolute Gasteiger partial charge is 0.256 e. The van der Waals surface area contributed by atoms with Crippen LogP contribution in [0.1, 0.15) is 10.4 Å². The van der Waals surface area contributed by atoms with E-state index in [-0.39, 0.29) is 5.91 Å². The van der Waals surface area contributed by atoms with Gasteiger partial charge in [-0.05, 0) is 18.2 Å². The maximum Gasteiger partial charge on any atom is 0.256 e. The van der Waals surface area contributed by atoms with E-state index in [0.29, 0.717) is 16.1 Å². The summed E-state index contributed by atoms with van der Waals surface area (Å²) in [4.78, 5) is 20.2. The van der Waals surface area contributed by atoms with Gasteiger partial charge in [-0.3, -0.25) is 4.79 Å². The minimum Gasteiger partial charge on any atom is -0.319 e. The summed E-state index contributed by atoms with van der Waals surface area (Å²) >= 11 is 7.56. The van der Waals surface area contributed by atoms with Gasteiger partial charge in [-0.1, -0.05) is 15.9 Å². The fourth-order valence-corrected chi connectivity index (χ4v) is 2.11. The third kappa shape index (κ3) is 3.04. The summed E-state index contributed by atoms with van der Waals surface area (Å²) in [7, 11) is 0. The van der Waals surface area contributed by atoms with Crippen molar-refractivity contribution in [3.63, 3.8) is 0 Å². The van der Waals surface area contributed by atoms with E-state index in [1.807, 2.05) is 0 Å². The first kappa shape index (κ1) is 12.1. The summed E-state index contributed by atoms with van der Waals surface area (Å²) in [6.45, 7) is 0. The standard InChI is InChI=1S/C11H8BrN3OS/c12-7-1-2-9(10(17)3-7)11(16)15-8-4-13-6-14-5-8/h1-6,17H,(H,15,16). The van der Waals surface area contributed by atoms with Crippen molar-refractivity contribution in [3.8, 4) is 0 Å². The molecule has 0 aliphatic rings. The van der Waals surface area contributed by atoms with E-state index in [0.717, 1.165) is 4.47 Å². The fourth-order valence-electron chi connectivity index (χ4n) is 1.26. The molecule has 2 rings (SSSR count). The van der Waals surface area contributed by atoms with Crippen molar-refractivity contribution in [2.75, 3.05) is 5.32 Å². The minimum atomic E-state index is -0.239. The maximum absolute atomic E-state index is 11.9. The highest BCUT2D eigenvalue weighted by Gasteiger charge is 2.10. The average Bonchev–Trinajstić information content (AvgIpc) is 2.30. The molecular weight excluding hydrogens is 302 g/mol. The van der Waals surface area contributed by atoms with Gasteiger partial charge in [-0.25, -0.2) is 9.97 Å². The molecule has 6 heteroatoms. The summed E-state index contributed by atoms with van der Waals surface area (Å²) < 4.78 is 0.877. The Bertz CT molecular complexity index is 548. The first-order valence-corrected chi connectivity index (χ1v) is 5.96. The molecule has 1 aromatic carbocycles. The molecule has 0 saturated heterocycles. The van der Waals surface area contributed by atoms with Gasteiger partial charge in [-0.15, -0.1) is 12.6 Å². The molecule has 0 unspecified atom stereocenters. The van der Waals surface area contributed by atoms with E-state index >= 15 is 0 Å². The summed E-state index contributed by atoms with van der Waals surface area (Å²) in [6, 6.07) is 5.25. The molecule has 0 aliphatic carbocycles. The predicted molar refractivity (Wildman–Crippen MR) is 71.4 cm³/mol. The van der Waals surface area contributed by atoms with Gasteiger partial charge < -0.3 is 5.32 Å². The number of nitrogens with one attached hydrogen (secondary N) is 1. The zero-order chi connectivity index (χ0) is 12.3. The number of halogens is 1. The molecule has 1 heterocycles. The zero-order valence-electron chi connectivity index (χ0n) is 8.59. The number of hydrogen-bond donors (Lipinski definition) is 2. The topological polar surface area (TPSA) is 54.9 Å². The van der Waals surface area contributed by atoms with Gasteiger partial charge >= 0.3 is 0 Å². The molecule has 1 aromatic heterocycles. The first-order chi connectivity index (χ1) is 8.16. The van der Waals surface area contributed by atoms with Crippen LogP contribution in [0, 0.1) is 0 Å². The van der Waals surface area contributed by atoms with Crippen LogP contribution in [0.5, 0.6) is 0 Å². The average molecular weight is 310 g/mol. The number of aromatic nitrogens is 2. The molecule has 1 N–H and O–H groups in total. The van der Waals surface area contributed by atoms with Crippen molar-refractivity contribution in [1.29, 1.82) is 0 Å². The molecule has 1 amide bonds. The molecule has 86 valence electrons. The number of amides is 1. The molecular formula is C11H8BrN3OS. The molecule has 0 aliphatic heterocycles. The van der Waals surface area contributed by atoms with Crippen molar-refractivity contribution in [3.05, 3.63) is 47.0 Å². The van der Waals surface area contributed by atoms with E-state index in [9.17, 15) is 4.79 Å². The maximum atomic E-state index is 11.9. The molecule has 17 heavy (non-hydrogen) atoms. The van der Waals surface area contributed by atoms with Crippen molar-refractivity contribution >= 4 is 40.2 Å². The van der Waals surface area contributed by atoms with E-state index in [1.54, 1.807) is 18.2 Å². The van der Waals surface area contributed by atoms with Gasteiger partial charge in [0.05, 0.1) is 23.6 Å². The zero-order valence-corrected chi connectivity index (χ0v) is 11.1. The quantitative estimate of drug-likeness (QED) is 0.839. The van der Waals surface area contributed by atoms with Crippen LogP contribution in [-0.4, -0.2) is 15.9 Å². The van der Waals surface area contributed by atoms with Gasteiger partial charge in [0.1, 0.15) is 6.33 Å². The number of benzene rings is 1. The summed E-state index contributed by atoms with van der Waals surface area (Å²) in [5.74, 6) is -0.239. The van der Waals surface area contributed by atoms with Gasteiger partial charge in [0.2, 0.25) is 0 Å². The molecule has 0 fully saturated rings. The van der Waals surface area contributed by atoms with E-state index in [4.69, 9.17) is 0 Å². The predicted octanol–water partition coefficient (Wildman–Crippen LogP) is 2.78. The van der Waals surface area contributed by atoms with Crippen LogP contribution in [0.2, 0.25) is 0 Å². The Morgan fingerprint density at radius 1 is 1.29 bits per heavy atom. The number of rotatable bonds is 2. The number of hydrogen-bond acceptors (Lipinski definition) is 4. The Kier molecular flexibility index (Phi) is 3.75. The van der Waals surface area contributed by atoms with Crippen molar-refractivity contribution < 1.29 is 4.79 Å². The summed E-state index contributed by atoms with van der Waals surface area (Å²) in [6.07, 6.45) is 4.46. The van der Waals surface area contributed by atoms with Gasteiger partial charge in [0.15, 0.2) is 0 Å². The number of carbonyl (C=O) groups excluding carboxylic acids is 1. The van der Waals surface area contributed by atoms with Gasteiger partial charge in [-0.2, -0.15) is 0 Å². The van der Waals surface area contributed by atoms with E-state index < -0.39 is 0 Å². The van der Waals surface area contributed by atoms with Crippen molar-refractivity contribution in [2.24, 2.45) is 0 Å². The van der Waals surface area contributed by atoms with Crippen LogP contribution < -0.4 is 5.32 Å². The lowest BCUT2D eigenvalue weighted by atomic mass is 10.2. The van der Waals surface area contributed by atoms with E-state index in [2.05, 4.69) is 43.8 Å². The summed E-state index contributed by atoms with van der Waals surface area (Å²) in [5, 5.41) is 2.69. The second kappa shape index (κ2) is 5.29. The lowest BCUT2D eigenvalue weighted by Crippen LogP contribution is -2.12. The minimum absolute atomic E-state index is 0.239. The third-order valence-corrected chi connectivity index (χ3v) is 2.89. The van der Waals surface area contributed by atoms with Crippen LogP contribution in [0.25, 0.3) is 0 Å². The van der Waals surface area contributed by atoms with Crippen molar-refractivity contribution in [2.45, 2.75) is 4.90 Å². The largest absolute Gasteiger partial charge is 0.319 e. The highest BCUT2D eigenvalue weighted by Crippen LogP contribution is 2.20. The Hall–Kier alpha value is -1.40. The molecule has 2 aromatic rings. The number of carbonyl (C=O) groups is 1. The fraction of sp³-hybridized carbons (Fsp3) is 0. The second-order valence-corrected chi connectivity index (χ2v) is 4.64. The van der Waals surface area contributed by atoms with Crippen LogP contribution in [0.3, 0.4) is 0 Å². The molecule has 0 radical (unpaired) electrons. The number of nitrogens with zero attached hydrogens (tertiary/aromatic N) is 2. The Morgan fingerprint density at radius 2 is 2.00 bits per heavy atom. The van der Waals surface area contributed by atoms with Crippen LogP contribution >= 0.6 is 28.6 Å². The highest BCUT2D eigenvalue weighted by molar-refractivity contribution is 9.10.